The normalized spacial score (nSPS) is 14.5. The van der Waals surface area contributed by atoms with E-state index in [1.807, 2.05) is 36.7 Å². The number of benzene rings is 1. The van der Waals surface area contributed by atoms with Crippen molar-refractivity contribution < 1.29 is 4.79 Å². The van der Waals surface area contributed by atoms with E-state index < -0.39 is 0 Å². The van der Waals surface area contributed by atoms with E-state index in [2.05, 4.69) is 37.2 Å². The zero-order valence-electron chi connectivity index (χ0n) is 16.2. The SMILES string of the molecule is Cc1nn(Cc2cccc(C(=O)NNC(=S)NC3CCCCC3)c2)c(C)c1Br. The van der Waals surface area contributed by atoms with Gasteiger partial charge in [0, 0.05) is 11.6 Å². The minimum absolute atomic E-state index is 0.218. The Morgan fingerprint density at radius 1 is 1.25 bits per heavy atom. The van der Waals surface area contributed by atoms with Crippen molar-refractivity contribution >= 4 is 39.2 Å². The van der Waals surface area contributed by atoms with E-state index >= 15 is 0 Å². The zero-order chi connectivity index (χ0) is 20.1. The van der Waals surface area contributed by atoms with E-state index in [0.717, 1.165) is 34.3 Å². The molecule has 0 unspecified atom stereocenters. The molecule has 150 valence electrons. The molecule has 8 heteroatoms. The Morgan fingerprint density at radius 3 is 2.68 bits per heavy atom. The molecule has 2 aromatic rings. The number of rotatable bonds is 4. The van der Waals surface area contributed by atoms with Crippen LogP contribution in [0.15, 0.2) is 28.7 Å². The van der Waals surface area contributed by atoms with Gasteiger partial charge in [0.15, 0.2) is 5.11 Å². The second-order valence-corrected chi connectivity index (χ2v) is 8.43. The lowest BCUT2D eigenvalue weighted by Crippen LogP contribution is -2.50. The van der Waals surface area contributed by atoms with Crippen LogP contribution in [0.3, 0.4) is 0 Å². The molecule has 28 heavy (non-hydrogen) atoms. The summed E-state index contributed by atoms with van der Waals surface area (Å²) in [5.74, 6) is -0.218. The van der Waals surface area contributed by atoms with E-state index in [0.29, 0.717) is 23.3 Å². The lowest BCUT2D eigenvalue weighted by atomic mass is 9.96. The van der Waals surface area contributed by atoms with Gasteiger partial charge in [0.1, 0.15) is 0 Å². The van der Waals surface area contributed by atoms with Crippen LogP contribution in [-0.2, 0) is 6.54 Å². The van der Waals surface area contributed by atoms with Crippen LogP contribution in [0.5, 0.6) is 0 Å². The van der Waals surface area contributed by atoms with Crippen molar-refractivity contribution in [3.8, 4) is 0 Å². The largest absolute Gasteiger partial charge is 0.359 e. The minimum Gasteiger partial charge on any atom is -0.359 e. The molecule has 1 aliphatic carbocycles. The maximum absolute atomic E-state index is 12.5. The Morgan fingerprint density at radius 2 is 2.00 bits per heavy atom. The number of hydrogen-bond acceptors (Lipinski definition) is 3. The molecule has 1 aromatic carbocycles. The summed E-state index contributed by atoms with van der Waals surface area (Å²) < 4.78 is 2.95. The fraction of sp³-hybridized carbons (Fsp3) is 0.450. The van der Waals surface area contributed by atoms with Crippen LogP contribution in [0.25, 0.3) is 0 Å². The molecule has 1 aromatic heterocycles. The Bertz CT molecular complexity index is 860. The number of nitrogens with one attached hydrogen (secondary N) is 3. The lowest BCUT2D eigenvalue weighted by Gasteiger charge is -2.24. The number of thiocarbonyl (C=S) groups is 1. The molecule has 1 amide bonds. The van der Waals surface area contributed by atoms with Crippen LogP contribution in [0.4, 0.5) is 0 Å². The molecule has 0 radical (unpaired) electrons. The van der Waals surface area contributed by atoms with Crippen LogP contribution in [-0.4, -0.2) is 26.8 Å². The van der Waals surface area contributed by atoms with Crippen molar-refractivity contribution in [2.45, 2.75) is 58.5 Å². The van der Waals surface area contributed by atoms with Gasteiger partial charge in [-0.2, -0.15) is 5.10 Å². The Hall–Kier alpha value is -1.93. The summed E-state index contributed by atoms with van der Waals surface area (Å²) in [7, 11) is 0. The topological polar surface area (TPSA) is 71.0 Å². The first-order valence-corrected chi connectivity index (χ1v) is 10.8. The first kappa shape index (κ1) is 20.8. The van der Waals surface area contributed by atoms with Gasteiger partial charge in [-0.15, -0.1) is 0 Å². The zero-order valence-corrected chi connectivity index (χ0v) is 18.6. The van der Waals surface area contributed by atoms with E-state index in [1.54, 1.807) is 6.07 Å². The van der Waals surface area contributed by atoms with Crippen LogP contribution in [0, 0.1) is 13.8 Å². The van der Waals surface area contributed by atoms with Gasteiger partial charge >= 0.3 is 0 Å². The van der Waals surface area contributed by atoms with Gasteiger partial charge in [-0.3, -0.25) is 20.3 Å². The lowest BCUT2D eigenvalue weighted by molar-refractivity contribution is 0.0943. The molecule has 3 rings (SSSR count). The highest BCUT2D eigenvalue weighted by atomic mass is 79.9. The number of amides is 1. The smallest absolute Gasteiger partial charge is 0.269 e. The van der Waals surface area contributed by atoms with Gasteiger partial charge in [-0.1, -0.05) is 31.4 Å². The van der Waals surface area contributed by atoms with Crippen LogP contribution < -0.4 is 16.2 Å². The summed E-state index contributed by atoms with van der Waals surface area (Å²) in [5, 5.41) is 8.26. The van der Waals surface area contributed by atoms with E-state index in [4.69, 9.17) is 12.2 Å². The molecule has 0 saturated heterocycles. The second-order valence-electron chi connectivity index (χ2n) is 7.23. The van der Waals surface area contributed by atoms with Crippen molar-refractivity contribution in [3.05, 3.63) is 51.3 Å². The summed E-state index contributed by atoms with van der Waals surface area (Å²) in [6.45, 7) is 4.59. The molecule has 1 heterocycles. The van der Waals surface area contributed by atoms with Crippen LogP contribution >= 0.6 is 28.1 Å². The predicted molar refractivity (Wildman–Crippen MR) is 118 cm³/mol. The Balaban J connectivity index is 1.56. The second kappa shape index (κ2) is 9.52. The molecule has 3 N–H and O–H groups in total. The summed E-state index contributed by atoms with van der Waals surface area (Å²) in [5.41, 5.74) is 9.10. The van der Waals surface area contributed by atoms with E-state index in [1.165, 1.54) is 19.3 Å². The first-order chi connectivity index (χ1) is 13.4. The maximum atomic E-state index is 12.5. The highest BCUT2D eigenvalue weighted by Gasteiger charge is 2.15. The number of hydrazine groups is 1. The Kier molecular flexibility index (Phi) is 7.07. The first-order valence-electron chi connectivity index (χ1n) is 9.59. The summed E-state index contributed by atoms with van der Waals surface area (Å²) in [6, 6.07) is 7.93. The highest BCUT2D eigenvalue weighted by molar-refractivity contribution is 9.10. The third-order valence-corrected chi connectivity index (χ3v) is 6.41. The van der Waals surface area contributed by atoms with Crippen molar-refractivity contribution in [1.29, 1.82) is 0 Å². The fourth-order valence-electron chi connectivity index (χ4n) is 3.47. The van der Waals surface area contributed by atoms with Crippen molar-refractivity contribution in [3.63, 3.8) is 0 Å². The van der Waals surface area contributed by atoms with Crippen LogP contribution in [0.1, 0.15) is 59.4 Å². The number of aromatic nitrogens is 2. The number of nitrogens with zero attached hydrogens (tertiary/aromatic N) is 2. The van der Waals surface area contributed by atoms with Gasteiger partial charge in [-0.25, -0.2) is 0 Å². The van der Waals surface area contributed by atoms with Gasteiger partial charge in [0.2, 0.25) is 0 Å². The highest BCUT2D eigenvalue weighted by Crippen LogP contribution is 2.21. The summed E-state index contributed by atoms with van der Waals surface area (Å²) >= 11 is 8.84. The number of carbonyl (C=O) groups is 1. The van der Waals surface area contributed by atoms with Crippen LogP contribution in [0.2, 0.25) is 0 Å². The van der Waals surface area contributed by atoms with E-state index in [-0.39, 0.29) is 5.91 Å². The average Bonchev–Trinajstić information content (AvgIpc) is 2.94. The molecule has 0 aliphatic heterocycles. The maximum Gasteiger partial charge on any atom is 0.269 e. The summed E-state index contributed by atoms with van der Waals surface area (Å²) in [6.07, 6.45) is 6.00. The molecule has 1 saturated carbocycles. The van der Waals surface area contributed by atoms with Crippen molar-refractivity contribution in [2.75, 3.05) is 0 Å². The third-order valence-electron chi connectivity index (χ3n) is 5.04. The quantitative estimate of drug-likeness (QED) is 0.475. The molecule has 0 spiro atoms. The fourth-order valence-corrected chi connectivity index (χ4v) is 3.97. The van der Waals surface area contributed by atoms with E-state index in [9.17, 15) is 4.79 Å². The third kappa shape index (κ3) is 5.32. The summed E-state index contributed by atoms with van der Waals surface area (Å²) in [4.78, 5) is 12.5. The molecular formula is C20H26BrN5OS. The molecule has 0 atom stereocenters. The Labute approximate surface area is 179 Å². The number of halogens is 1. The molecule has 0 bridgehead atoms. The number of carbonyl (C=O) groups excluding carboxylic acids is 1. The van der Waals surface area contributed by atoms with Gasteiger partial charge < -0.3 is 5.32 Å². The number of hydrogen-bond donors (Lipinski definition) is 3. The molecule has 1 aliphatic rings. The molecule has 1 fully saturated rings. The van der Waals surface area contributed by atoms with Gasteiger partial charge in [0.05, 0.1) is 22.4 Å². The van der Waals surface area contributed by atoms with Gasteiger partial charge in [-0.05, 0) is 72.5 Å². The standard InChI is InChI=1S/C20H26BrN5OS/c1-13-18(21)14(2)26(25-13)12-15-7-6-8-16(11-15)19(27)23-24-20(28)22-17-9-4-3-5-10-17/h6-8,11,17H,3-5,9-10,12H2,1-2H3,(H,23,27)(H2,22,24,28). The van der Waals surface area contributed by atoms with Crippen molar-refractivity contribution in [1.82, 2.24) is 25.9 Å². The van der Waals surface area contributed by atoms with Gasteiger partial charge in [0.25, 0.3) is 5.91 Å². The molecular weight excluding hydrogens is 438 g/mol. The van der Waals surface area contributed by atoms with Crippen molar-refractivity contribution in [2.24, 2.45) is 0 Å². The average molecular weight is 464 g/mol. The number of aryl methyl sites for hydroxylation is 1. The predicted octanol–water partition coefficient (Wildman–Crippen LogP) is 3.75. The minimum atomic E-state index is -0.218. The molecule has 6 nitrogen and oxygen atoms in total. The monoisotopic (exact) mass is 463 g/mol.